The van der Waals surface area contributed by atoms with Gasteiger partial charge in [-0.3, -0.25) is 14.4 Å². The summed E-state index contributed by atoms with van der Waals surface area (Å²) in [6.07, 6.45) is 0.937. The van der Waals surface area contributed by atoms with Crippen molar-refractivity contribution in [1.82, 2.24) is 15.1 Å². The molecule has 0 radical (unpaired) electrons. The fraction of sp³-hybridized carbons (Fsp3) is 0.438. The minimum Gasteiger partial charge on any atom is -0.344 e. The van der Waals surface area contributed by atoms with Crippen LogP contribution in [0.2, 0.25) is 10.0 Å². The maximum atomic E-state index is 12.5. The third-order valence-electron chi connectivity index (χ3n) is 4.34. The van der Waals surface area contributed by atoms with E-state index in [0.29, 0.717) is 54.6 Å². The molecule has 2 saturated heterocycles. The molecule has 8 heteroatoms. The zero-order chi connectivity index (χ0) is 17.3. The lowest BCUT2D eigenvalue weighted by Crippen LogP contribution is -2.54. The molecule has 2 aliphatic heterocycles. The van der Waals surface area contributed by atoms with E-state index in [-0.39, 0.29) is 17.7 Å². The average Bonchev–Trinajstić information content (AvgIpc) is 3.02. The van der Waals surface area contributed by atoms with E-state index in [9.17, 15) is 14.4 Å². The molecule has 128 valence electrons. The summed E-state index contributed by atoms with van der Waals surface area (Å²) >= 11 is 11.8. The van der Waals surface area contributed by atoms with Crippen molar-refractivity contribution in [2.45, 2.75) is 18.9 Å². The first-order chi connectivity index (χ1) is 11.5. The van der Waals surface area contributed by atoms with Gasteiger partial charge in [0.2, 0.25) is 11.8 Å². The molecule has 2 aliphatic rings. The van der Waals surface area contributed by atoms with Crippen molar-refractivity contribution in [3.8, 4) is 0 Å². The molecule has 3 rings (SSSR count). The first kappa shape index (κ1) is 17.0. The van der Waals surface area contributed by atoms with Crippen LogP contribution in [0.25, 0.3) is 0 Å². The van der Waals surface area contributed by atoms with Crippen LogP contribution >= 0.6 is 23.2 Å². The molecule has 1 aromatic rings. The third-order valence-corrected chi connectivity index (χ3v) is 5.08. The van der Waals surface area contributed by atoms with Crippen molar-refractivity contribution in [3.63, 3.8) is 0 Å². The highest BCUT2D eigenvalue weighted by Crippen LogP contribution is 2.23. The standard InChI is InChI=1S/C16H17Cl2N3O3/c17-11-2-1-10(9-12(11)18)15(23)20-5-7-21(8-6-20)16(24)13-3-4-14(22)19-13/h1-2,9,13H,3-8H2,(H,19,22). The Balaban J connectivity index is 1.58. The number of amides is 3. The second-order valence-electron chi connectivity index (χ2n) is 5.91. The van der Waals surface area contributed by atoms with E-state index in [2.05, 4.69) is 5.32 Å². The average molecular weight is 370 g/mol. The smallest absolute Gasteiger partial charge is 0.254 e. The number of carbonyl (C=O) groups excluding carboxylic acids is 3. The number of hydrogen-bond acceptors (Lipinski definition) is 3. The third kappa shape index (κ3) is 3.49. The summed E-state index contributed by atoms with van der Waals surface area (Å²) in [6.45, 7) is 1.81. The molecule has 0 saturated carbocycles. The van der Waals surface area contributed by atoms with Crippen LogP contribution in [0.15, 0.2) is 18.2 Å². The number of piperazine rings is 1. The van der Waals surface area contributed by atoms with Crippen LogP contribution in [0.3, 0.4) is 0 Å². The molecule has 2 heterocycles. The summed E-state index contributed by atoms with van der Waals surface area (Å²) < 4.78 is 0. The number of nitrogens with one attached hydrogen (secondary N) is 1. The Kier molecular flexibility index (Phi) is 4.96. The Morgan fingerprint density at radius 1 is 1.04 bits per heavy atom. The highest BCUT2D eigenvalue weighted by molar-refractivity contribution is 6.42. The minimum atomic E-state index is -0.421. The van der Waals surface area contributed by atoms with Crippen LogP contribution in [0.4, 0.5) is 0 Å². The lowest BCUT2D eigenvalue weighted by atomic mass is 10.1. The van der Waals surface area contributed by atoms with Crippen molar-refractivity contribution in [3.05, 3.63) is 33.8 Å². The van der Waals surface area contributed by atoms with Crippen molar-refractivity contribution >= 4 is 40.9 Å². The van der Waals surface area contributed by atoms with E-state index in [4.69, 9.17) is 23.2 Å². The summed E-state index contributed by atoms with van der Waals surface area (Å²) in [4.78, 5) is 39.5. The van der Waals surface area contributed by atoms with Crippen molar-refractivity contribution in [2.24, 2.45) is 0 Å². The highest BCUT2D eigenvalue weighted by Gasteiger charge is 2.33. The first-order valence-corrected chi connectivity index (χ1v) is 8.54. The molecule has 0 bridgehead atoms. The van der Waals surface area contributed by atoms with Crippen molar-refractivity contribution in [2.75, 3.05) is 26.2 Å². The topological polar surface area (TPSA) is 69.7 Å². The molecule has 1 unspecified atom stereocenters. The monoisotopic (exact) mass is 369 g/mol. The summed E-state index contributed by atoms with van der Waals surface area (Å²) in [5.41, 5.74) is 0.479. The second-order valence-corrected chi connectivity index (χ2v) is 6.72. The van der Waals surface area contributed by atoms with Gasteiger partial charge in [-0.1, -0.05) is 23.2 Å². The lowest BCUT2D eigenvalue weighted by Gasteiger charge is -2.36. The molecule has 1 aromatic carbocycles. The quantitative estimate of drug-likeness (QED) is 0.859. The molecule has 1 N–H and O–H groups in total. The van der Waals surface area contributed by atoms with Crippen LogP contribution in [0.1, 0.15) is 23.2 Å². The van der Waals surface area contributed by atoms with E-state index < -0.39 is 6.04 Å². The highest BCUT2D eigenvalue weighted by atomic mass is 35.5. The van der Waals surface area contributed by atoms with Gasteiger partial charge in [0, 0.05) is 38.2 Å². The molecule has 2 fully saturated rings. The van der Waals surface area contributed by atoms with Crippen LogP contribution in [-0.4, -0.2) is 59.7 Å². The van der Waals surface area contributed by atoms with Gasteiger partial charge in [-0.2, -0.15) is 0 Å². The van der Waals surface area contributed by atoms with E-state index in [1.54, 1.807) is 28.0 Å². The lowest BCUT2D eigenvalue weighted by molar-refractivity contribution is -0.135. The molecule has 1 atom stereocenters. The van der Waals surface area contributed by atoms with Gasteiger partial charge < -0.3 is 15.1 Å². The molecule has 24 heavy (non-hydrogen) atoms. The Morgan fingerprint density at radius 2 is 1.71 bits per heavy atom. The summed E-state index contributed by atoms with van der Waals surface area (Å²) in [5, 5.41) is 3.43. The molecule has 0 aliphatic carbocycles. The number of hydrogen-bond donors (Lipinski definition) is 1. The van der Waals surface area contributed by atoms with E-state index in [1.807, 2.05) is 0 Å². The number of halogens is 2. The maximum absolute atomic E-state index is 12.5. The summed E-state index contributed by atoms with van der Waals surface area (Å²) in [5.74, 6) is -0.279. The number of nitrogens with zero attached hydrogens (tertiary/aromatic N) is 2. The van der Waals surface area contributed by atoms with E-state index in [0.717, 1.165) is 0 Å². The fourth-order valence-electron chi connectivity index (χ4n) is 2.96. The Labute approximate surface area is 149 Å². The van der Waals surface area contributed by atoms with Gasteiger partial charge in [0.05, 0.1) is 10.0 Å². The first-order valence-electron chi connectivity index (χ1n) is 7.78. The van der Waals surface area contributed by atoms with Crippen LogP contribution < -0.4 is 5.32 Å². The van der Waals surface area contributed by atoms with Gasteiger partial charge in [-0.15, -0.1) is 0 Å². The van der Waals surface area contributed by atoms with Crippen LogP contribution in [0, 0.1) is 0 Å². The number of benzene rings is 1. The van der Waals surface area contributed by atoms with Crippen LogP contribution in [-0.2, 0) is 9.59 Å². The second kappa shape index (κ2) is 6.99. The van der Waals surface area contributed by atoms with E-state index >= 15 is 0 Å². The summed E-state index contributed by atoms with van der Waals surface area (Å²) in [7, 11) is 0. The minimum absolute atomic E-state index is 0.0671. The van der Waals surface area contributed by atoms with Gasteiger partial charge in [-0.25, -0.2) is 0 Å². The predicted molar refractivity (Wildman–Crippen MR) is 90.1 cm³/mol. The Hall–Kier alpha value is -1.79. The molecule has 0 spiro atoms. The number of rotatable bonds is 2. The molecule has 6 nitrogen and oxygen atoms in total. The maximum Gasteiger partial charge on any atom is 0.254 e. The SMILES string of the molecule is O=C1CCC(C(=O)N2CCN(C(=O)c3ccc(Cl)c(Cl)c3)CC2)N1. The van der Waals surface area contributed by atoms with Crippen molar-refractivity contribution in [1.29, 1.82) is 0 Å². The van der Waals surface area contributed by atoms with Gasteiger partial charge in [0.15, 0.2) is 0 Å². The van der Waals surface area contributed by atoms with E-state index in [1.165, 1.54) is 0 Å². The molecule has 3 amide bonds. The largest absolute Gasteiger partial charge is 0.344 e. The number of carbonyl (C=O) groups is 3. The van der Waals surface area contributed by atoms with Gasteiger partial charge >= 0.3 is 0 Å². The zero-order valence-electron chi connectivity index (χ0n) is 12.9. The predicted octanol–water partition coefficient (Wildman–Crippen LogP) is 1.56. The Bertz CT molecular complexity index is 687. The van der Waals surface area contributed by atoms with Gasteiger partial charge in [-0.05, 0) is 24.6 Å². The summed E-state index contributed by atoms with van der Waals surface area (Å²) in [6, 6.07) is 4.37. The molecular weight excluding hydrogens is 353 g/mol. The van der Waals surface area contributed by atoms with Crippen LogP contribution in [0.5, 0.6) is 0 Å². The molecular formula is C16H17Cl2N3O3. The van der Waals surface area contributed by atoms with Gasteiger partial charge in [0.1, 0.15) is 6.04 Å². The normalized spacial score (nSPS) is 20.9. The van der Waals surface area contributed by atoms with Crippen molar-refractivity contribution < 1.29 is 14.4 Å². The van der Waals surface area contributed by atoms with Gasteiger partial charge in [0.25, 0.3) is 5.91 Å². The fourth-order valence-corrected chi connectivity index (χ4v) is 3.26. The molecule has 0 aromatic heterocycles. The Morgan fingerprint density at radius 3 is 2.29 bits per heavy atom. The zero-order valence-corrected chi connectivity index (χ0v) is 14.4.